The van der Waals surface area contributed by atoms with E-state index in [9.17, 15) is 4.79 Å². The zero-order valence-corrected chi connectivity index (χ0v) is 9.32. The highest BCUT2D eigenvalue weighted by molar-refractivity contribution is 5.77. The first-order chi connectivity index (χ1) is 6.54. The highest BCUT2D eigenvalue weighted by atomic mass is 16.7. The van der Waals surface area contributed by atoms with Gasteiger partial charge in [0.25, 0.3) is 0 Å². The lowest BCUT2D eigenvalue weighted by atomic mass is 9.92. The molecule has 1 aliphatic heterocycles. The van der Waals surface area contributed by atoms with Crippen molar-refractivity contribution >= 4 is 5.91 Å². The topological polar surface area (TPSA) is 38.8 Å². The molecule has 0 bridgehead atoms. The van der Waals surface area contributed by atoms with Gasteiger partial charge in [-0.2, -0.15) is 0 Å². The smallest absolute Gasteiger partial charge is 0.249 e. The van der Waals surface area contributed by atoms with Gasteiger partial charge >= 0.3 is 0 Å². The minimum absolute atomic E-state index is 0.0405. The average Bonchev–Trinajstić information content (AvgIpc) is 2.14. The number of rotatable bonds is 2. The van der Waals surface area contributed by atoms with Gasteiger partial charge in [-0.3, -0.25) is 9.63 Å². The van der Waals surface area contributed by atoms with Crippen LogP contribution in [0, 0.1) is 5.92 Å². The van der Waals surface area contributed by atoms with E-state index in [1.165, 1.54) is 12.2 Å². The number of ether oxygens (including phenoxy) is 1. The van der Waals surface area contributed by atoms with Gasteiger partial charge in [0.05, 0.1) is 19.3 Å². The van der Waals surface area contributed by atoms with Crippen molar-refractivity contribution in [2.45, 2.75) is 38.9 Å². The van der Waals surface area contributed by atoms with Crippen LogP contribution in [0.3, 0.4) is 0 Å². The van der Waals surface area contributed by atoms with Crippen molar-refractivity contribution in [3.63, 3.8) is 0 Å². The summed E-state index contributed by atoms with van der Waals surface area (Å²) in [6, 6.07) is 0. The van der Waals surface area contributed by atoms with Gasteiger partial charge < -0.3 is 4.74 Å². The zero-order valence-electron chi connectivity index (χ0n) is 9.32. The van der Waals surface area contributed by atoms with Gasteiger partial charge in [-0.15, -0.1) is 0 Å². The molecule has 82 valence electrons. The summed E-state index contributed by atoms with van der Waals surface area (Å²) in [4.78, 5) is 16.6. The van der Waals surface area contributed by atoms with E-state index >= 15 is 0 Å². The number of hydrogen-bond donors (Lipinski definition) is 0. The Kier molecular flexibility index (Phi) is 3.89. The van der Waals surface area contributed by atoms with E-state index < -0.39 is 0 Å². The molecule has 14 heavy (non-hydrogen) atoms. The summed E-state index contributed by atoms with van der Waals surface area (Å²) in [6.45, 7) is 4.01. The molecule has 2 atom stereocenters. The first-order valence-electron chi connectivity index (χ1n) is 5.01. The van der Waals surface area contributed by atoms with E-state index in [1.54, 1.807) is 7.05 Å². The Morgan fingerprint density at radius 1 is 1.36 bits per heavy atom. The molecule has 1 heterocycles. The summed E-state index contributed by atoms with van der Waals surface area (Å²) >= 11 is 0. The molecule has 1 amide bonds. The molecule has 0 aromatic rings. The van der Waals surface area contributed by atoms with Crippen LogP contribution >= 0.6 is 0 Å². The van der Waals surface area contributed by atoms with Crippen LogP contribution in [0.5, 0.6) is 0 Å². The average molecular weight is 201 g/mol. The molecule has 4 nitrogen and oxygen atoms in total. The van der Waals surface area contributed by atoms with Crippen LogP contribution in [0.4, 0.5) is 0 Å². The standard InChI is InChI=1S/C10H19NO3/c1-7-5-9(6-8(2)14-7)10(12)11(3)13-4/h7-9H,5-6H2,1-4H3. The molecule has 1 fully saturated rings. The molecule has 0 N–H and O–H groups in total. The van der Waals surface area contributed by atoms with E-state index in [2.05, 4.69) is 0 Å². The number of nitrogens with zero attached hydrogens (tertiary/aromatic N) is 1. The Morgan fingerprint density at radius 3 is 2.29 bits per heavy atom. The molecular weight excluding hydrogens is 182 g/mol. The van der Waals surface area contributed by atoms with Gasteiger partial charge in [-0.25, -0.2) is 5.06 Å². The highest BCUT2D eigenvalue weighted by Crippen LogP contribution is 2.25. The van der Waals surface area contributed by atoms with Crippen LogP contribution in [-0.4, -0.2) is 37.3 Å². The Morgan fingerprint density at radius 2 is 1.86 bits per heavy atom. The van der Waals surface area contributed by atoms with Crippen molar-refractivity contribution in [2.75, 3.05) is 14.2 Å². The Balaban J connectivity index is 2.54. The lowest BCUT2D eigenvalue weighted by Gasteiger charge is -2.32. The maximum absolute atomic E-state index is 11.8. The molecule has 0 aromatic heterocycles. The molecule has 4 heteroatoms. The van der Waals surface area contributed by atoms with Crippen molar-refractivity contribution in [3.8, 4) is 0 Å². The minimum atomic E-state index is 0.0405. The van der Waals surface area contributed by atoms with Crippen LogP contribution in [0.25, 0.3) is 0 Å². The van der Waals surface area contributed by atoms with Crippen molar-refractivity contribution in [3.05, 3.63) is 0 Å². The quantitative estimate of drug-likeness (QED) is 0.630. The van der Waals surface area contributed by atoms with Crippen molar-refractivity contribution < 1.29 is 14.4 Å². The van der Waals surface area contributed by atoms with E-state index in [4.69, 9.17) is 9.57 Å². The summed E-state index contributed by atoms with van der Waals surface area (Å²) < 4.78 is 5.57. The summed E-state index contributed by atoms with van der Waals surface area (Å²) in [7, 11) is 3.15. The van der Waals surface area contributed by atoms with Gasteiger partial charge in [0, 0.05) is 13.0 Å². The predicted octanol–water partition coefficient (Wildman–Crippen LogP) is 1.21. The molecule has 0 saturated carbocycles. The highest BCUT2D eigenvalue weighted by Gasteiger charge is 2.31. The summed E-state index contributed by atoms with van der Waals surface area (Å²) in [6.07, 6.45) is 1.91. The predicted molar refractivity (Wildman–Crippen MR) is 52.5 cm³/mol. The maximum atomic E-state index is 11.8. The molecular formula is C10H19NO3. The van der Waals surface area contributed by atoms with Gasteiger partial charge in [-0.05, 0) is 26.7 Å². The molecule has 0 aliphatic carbocycles. The van der Waals surface area contributed by atoms with E-state index in [0.29, 0.717) is 0 Å². The van der Waals surface area contributed by atoms with Crippen LogP contribution < -0.4 is 0 Å². The summed E-state index contributed by atoms with van der Waals surface area (Å²) in [5, 5.41) is 1.30. The third-order valence-corrected chi connectivity index (χ3v) is 2.63. The summed E-state index contributed by atoms with van der Waals surface area (Å²) in [5.41, 5.74) is 0. The number of amides is 1. The molecule has 1 saturated heterocycles. The molecule has 0 spiro atoms. The van der Waals surface area contributed by atoms with Crippen molar-refractivity contribution in [2.24, 2.45) is 5.92 Å². The SMILES string of the molecule is CON(C)C(=O)C1CC(C)OC(C)C1. The molecule has 2 unspecified atom stereocenters. The maximum Gasteiger partial charge on any atom is 0.249 e. The summed E-state index contributed by atoms with van der Waals surface area (Å²) in [5.74, 6) is 0.0909. The molecule has 1 aliphatic rings. The third-order valence-electron chi connectivity index (χ3n) is 2.63. The second-order valence-electron chi connectivity index (χ2n) is 3.94. The number of carbonyl (C=O) groups excluding carboxylic acids is 1. The minimum Gasteiger partial charge on any atom is -0.376 e. The fourth-order valence-electron chi connectivity index (χ4n) is 1.95. The Labute approximate surface area is 85.1 Å². The number of carbonyl (C=O) groups is 1. The normalized spacial score (nSPS) is 32.7. The third kappa shape index (κ3) is 2.69. The van der Waals surface area contributed by atoms with Crippen LogP contribution in [0.15, 0.2) is 0 Å². The Bertz CT molecular complexity index is 198. The van der Waals surface area contributed by atoms with Gasteiger partial charge in [0.2, 0.25) is 5.91 Å². The molecule has 1 rings (SSSR count). The van der Waals surface area contributed by atoms with Crippen LogP contribution in [0.1, 0.15) is 26.7 Å². The van der Waals surface area contributed by atoms with Crippen molar-refractivity contribution in [1.82, 2.24) is 5.06 Å². The molecule has 0 aromatic carbocycles. The fraction of sp³-hybridized carbons (Fsp3) is 0.900. The lowest BCUT2D eigenvalue weighted by Crippen LogP contribution is -2.39. The van der Waals surface area contributed by atoms with Gasteiger partial charge in [-0.1, -0.05) is 0 Å². The van der Waals surface area contributed by atoms with Gasteiger partial charge in [0.1, 0.15) is 0 Å². The van der Waals surface area contributed by atoms with Gasteiger partial charge in [0.15, 0.2) is 0 Å². The largest absolute Gasteiger partial charge is 0.376 e. The van der Waals surface area contributed by atoms with Crippen molar-refractivity contribution in [1.29, 1.82) is 0 Å². The molecule has 0 radical (unpaired) electrons. The number of hydrogen-bond acceptors (Lipinski definition) is 3. The second kappa shape index (κ2) is 4.75. The fourth-order valence-corrected chi connectivity index (χ4v) is 1.95. The number of hydroxylamine groups is 2. The van der Waals surface area contributed by atoms with E-state index in [-0.39, 0.29) is 24.0 Å². The monoisotopic (exact) mass is 201 g/mol. The second-order valence-corrected chi connectivity index (χ2v) is 3.94. The van der Waals surface area contributed by atoms with E-state index in [0.717, 1.165) is 12.8 Å². The first kappa shape index (κ1) is 11.5. The first-order valence-corrected chi connectivity index (χ1v) is 5.01. The zero-order chi connectivity index (χ0) is 10.7. The Hall–Kier alpha value is -0.610. The van der Waals surface area contributed by atoms with E-state index in [1.807, 2.05) is 13.8 Å². The lowest BCUT2D eigenvalue weighted by molar-refractivity contribution is -0.179. The van der Waals surface area contributed by atoms with Crippen LogP contribution in [0.2, 0.25) is 0 Å². The van der Waals surface area contributed by atoms with Crippen LogP contribution in [-0.2, 0) is 14.4 Å².